The second kappa shape index (κ2) is 7.62. The molecule has 2 heterocycles. The molecule has 0 spiro atoms. The molecule has 126 valence electrons. The van der Waals surface area contributed by atoms with Crippen molar-refractivity contribution in [3.63, 3.8) is 0 Å². The van der Waals surface area contributed by atoms with E-state index in [1.807, 2.05) is 28.5 Å². The second-order valence-corrected chi connectivity index (χ2v) is 7.22. The number of benzene rings is 1. The molecule has 1 fully saturated rings. The first-order valence-corrected chi connectivity index (χ1v) is 9.15. The van der Waals surface area contributed by atoms with Gasteiger partial charge in [0.05, 0.1) is 5.56 Å². The maximum atomic E-state index is 12.5. The molecule has 5 heteroatoms. The zero-order valence-corrected chi connectivity index (χ0v) is 14.3. The van der Waals surface area contributed by atoms with Gasteiger partial charge in [-0.1, -0.05) is 18.2 Å². The molecule has 1 atom stereocenters. The number of piperidine rings is 1. The topological polar surface area (TPSA) is 57.6 Å². The summed E-state index contributed by atoms with van der Waals surface area (Å²) in [5.41, 5.74) is 1.43. The van der Waals surface area contributed by atoms with E-state index in [0.717, 1.165) is 37.9 Å². The van der Waals surface area contributed by atoms with Crippen molar-refractivity contribution < 1.29 is 14.7 Å². The van der Waals surface area contributed by atoms with Crippen LogP contribution >= 0.6 is 11.3 Å². The zero-order valence-electron chi connectivity index (χ0n) is 13.5. The van der Waals surface area contributed by atoms with Crippen LogP contribution in [0.4, 0.5) is 0 Å². The maximum absolute atomic E-state index is 12.5. The fraction of sp³-hybridized carbons (Fsp3) is 0.368. The first-order chi connectivity index (χ1) is 11.6. The molecule has 1 amide bonds. The van der Waals surface area contributed by atoms with Gasteiger partial charge < -0.3 is 10.0 Å². The summed E-state index contributed by atoms with van der Waals surface area (Å²) in [6.07, 6.45) is 3.41. The number of carbonyl (C=O) groups excluding carboxylic acids is 1. The first kappa shape index (κ1) is 16.7. The molecule has 1 saturated heterocycles. The van der Waals surface area contributed by atoms with Crippen LogP contribution in [0.1, 0.15) is 46.0 Å². The molecule has 0 bridgehead atoms. The predicted octanol–water partition coefficient (Wildman–Crippen LogP) is 3.79. The van der Waals surface area contributed by atoms with E-state index < -0.39 is 5.97 Å². The molecular weight excluding hydrogens is 322 g/mol. The zero-order chi connectivity index (χ0) is 16.9. The van der Waals surface area contributed by atoms with Gasteiger partial charge >= 0.3 is 5.97 Å². The smallest absolute Gasteiger partial charge is 0.335 e. The van der Waals surface area contributed by atoms with E-state index in [1.54, 1.807) is 23.5 Å². The minimum atomic E-state index is -0.907. The Kier molecular flexibility index (Phi) is 5.30. The summed E-state index contributed by atoms with van der Waals surface area (Å²) < 4.78 is 0. The van der Waals surface area contributed by atoms with Gasteiger partial charge in [-0.2, -0.15) is 0 Å². The third kappa shape index (κ3) is 4.03. The minimum Gasteiger partial charge on any atom is -0.478 e. The number of amides is 1. The van der Waals surface area contributed by atoms with E-state index in [0.29, 0.717) is 17.9 Å². The molecule has 24 heavy (non-hydrogen) atoms. The molecule has 2 aromatic rings. The summed E-state index contributed by atoms with van der Waals surface area (Å²) in [5, 5.41) is 11.0. The van der Waals surface area contributed by atoms with Crippen molar-refractivity contribution in [3.8, 4) is 0 Å². The summed E-state index contributed by atoms with van der Waals surface area (Å²) in [6, 6.07) is 11.1. The Morgan fingerprint density at radius 2 is 2.00 bits per heavy atom. The highest BCUT2D eigenvalue weighted by Gasteiger charge is 2.24. The van der Waals surface area contributed by atoms with Crippen LogP contribution in [0, 0.1) is 0 Å². The van der Waals surface area contributed by atoms with Crippen LogP contribution in [0.25, 0.3) is 0 Å². The van der Waals surface area contributed by atoms with Crippen LogP contribution in [0.15, 0.2) is 41.8 Å². The van der Waals surface area contributed by atoms with E-state index in [1.165, 1.54) is 4.88 Å². The SMILES string of the molecule is O=C(O)c1ccc([C@@H]2CCCN(C(=O)CCc3cccs3)C2)cc1. The summed E-state index contributed by atoms with van der Waals surface area (Å²) in [6.45, 7) is 1.56. The van der Waals surface area contributed by atoms with Crippen LogP contribution in [0.3, 0.4) is 0 Å². The van der Waals surface area contributed by atoms with Crippen LogP contribution in [0.2, 0.25) is 0 Å². The van der Waals surface area contributed by atoms with Gasteiger partial charge in [-0.05, 0) is 48.4 Å². The number of aromatic carboxylic acids is 1. The number of rotatable bonds is 5. The highest BCUT2D eigenvalue weighted by molar-refractivity contribution is 7.09. The normalized spacial score (nSPS) is 17.7. The predicted molar refractivity (Wildman–Crippen MR) is 94.6 cm³/mol. The lowest BCUT2D eigenvalue weighted by atomic mass is 9.90. The molecule has 1 aromatic carbocycles. The standard InChI is InChI=1S/C19H21NO3S/c21-18(10-9-17-4-2-12-24-17)20-11-1-3-16(13-20)14-5-7-15(8-6-14)19(22)23/h2,4-8,12,16H,1,3,9-11,13H2,(H,22,23)/t16-/m1/s1. The molecule has 1 aliphatic rings. The van der Waals surface area contributed by atoms with E-state index in [2.05, 4.69) is 6.07 Å². The fourth-order valence-electron chi connectivity index (χ4n) is 3.22. The van der Waals surface area contributed by atoms with Crippen molar-refractivity contribution in [2.75, 3.05) is 13.1 Å². The Morgan fingerprint density at radius 1 is 1.21 bits per heavy atom. The lowest BCUT2D eigenvalue weighted by molar-refractivity contribution is -0.132. The Morgan fingerprint density at radius 3 is 2.67 bits per heavy atom. The number of carboxylic acid groups (broad SMARTS) is 1. The number of hydrogen-bond donors (Lipinski definition) is 1. The molecule has 1 aromatic heterocycles. The van der Waals surface area contributed by atoms with Crippen molar-refractivity contribution >= 4 is 23.2 Å². The van der Waals surface area contributed by atoms with Gasteiger partial charge in [-0.3, -0.25) is 4.79 Å². The number of carboxylic acids is 1. The van der Waals surface area contributed by atoms with Gasteiger partial charge in [0.25, 0.3) is 0 Å². The Hall–Kier alpha value is -2.14. The van der Waals surface area contributed by atoms with E-state index in [9.17, 15) is 9.59 Å². The molecule has 0 saturated carbocycles. The lowest BCUT2D eigenvalue weighted by Gasteiger charge is -2.33. The van der Waals surface area contributed by atoms with Crippen molar-refractivity contribution in [2.45, 2.75) is 31.6 Å². The van der Waals surface area contributed by atoms with Gasteiger partial charge in [-0.15, -0.1) is 11.3 Å². The second-order valence-electron chi connectivity index (χ2n) is 6.19. The third-order valence-corrected chi connectivity index (χ3v) is 5.50. The number of hydrogen-bond acceptors (Lipinski definition) is 3. The van der Waals surface area contributed by atoms with Crippen molar-refractivity contribution in [1.29, 1.82) is 0 Å². The van der Waals surface area contributed by atoms with Crippen molar-refractivity contribution in [3.05, 3.63) is 57.8 Å². The highest BCUT2D eigenvalue weighted by Crippen LogP contribution is 2.27. The Balaban J connectivity index is 1.59. The molecular formula is C19H21NO3S. The molecule has 0 unspecified atom stereocenters. The van der Waals surface area contributed by atoms with Gasteiger partial charge in [-0.25, -0.2) is 4.79 Å². The molecule has 4 nitrogen and oxygen atoms in total. The molecule has 0 radical (unpaired) electrons. The van der Waals surface area contributed by atoms with E-state index in [-0.39, 0.29) is 5.91 Å². The van der Waals surface area contributed by atoms with Crippen molar-refractivity contribution in [1.82, 2.24) is 4.90 Å². The molecule has 3 rings (SSSR count). The van der Waals surface area contributed by atoms with Gasteiger partial charge in [0.15, 0.2) is 0 Å². The number of likely N-dealkylation sites (tertiary alicyclic amines) is 1. The van der Waals surface area contributed by atoms with Crippen LogP contribution in [0.5, 0.6) is 0 Å². The third-order valence-electron chi connectivity index (χ3n) is 4.57. The lowest BCUT2D eigenvalue weighted by Crippen LogP contribution is -2.39. The van der Waals surface area contributed by atoms with E-state index in [4.69, 9.17) is 5.11 Å². The van der Waals surface area contributed by atoms with Gasteiger partial charge in [0, 0.05) is 30.3 Å². The fourth-order valence-corrected chi connectivity index (χ4v) is 3.93. The van der Waals surface area contributed by atoms with Crippen LogP contribution in [-0.4, -0.2) is 35.0 Å². The van der Waals surface area contributed by atoms with E-state index >= 15 is 0 Å². The summed E-state index contributed by atoms with van der Waals surface area (Å²) in [7, 11) is 0. The Labute approximate surface area is 145 Å². The minimum absolute atomic E-state index is 0.218. The van der Waals surface area contributed by atoms with Crippen LogP contribution < -0.4 is 0 Å². The quantitative estimate of drug-likeness (QED) is 0.899. The molecule has 1 N–H and O–H groups in total. The largest absolute Gasteiger partial charge is 0.478 e. The summed E-state index contributed by atoms with van der Waals surface area (Å²) >= 11 is 1.69. The Bertz CT molecular complexity index is 694. The number of thiophene rings is 1. The van der Waals surface area contributed by atoms with Gasteiger partial charge in [0.2, 0.25) is 5.91 Å². The van der Waals surface area contributed by atoms with Crippen LogP contribution in [-0.2, 0) is 11.2 Å². The number of carbonyl (C=O) groups is 2. The van der Waals surface area contributed by atoms with Gasteiger partial charge in [0.1, 0.15) is 0 Å². The average molecular weight is 343 g/mol. The highest BCUT2D eigenvalue weighted by atomic mass is 32.1. The summed E-state index contributed by atoms with van der Waals surface area (Å²) in [5.74, 6) is -0.391. The number of aryl methyl sites for hydroxylation is 1. The average Bonchev–Trinajstić information content (AvgIpc) is 3.13. The summed E-state index contributed by atoms with van der Waals surface area (Å²) in [4.78, 5) is 26.6. The van der Waals surface area contributed by atoms with Crippen molar-refractivity contribution in [2.24, 2.45) is 0 Å². The maximum Gasteiger partial charge on any atom is 0.335 e. The number of nitrogens with zero attached hydrogens (tertiary/aromatic N) is 1. The molecule has 0 aliphatic carbocycles. The monoisotopic (exact) mass is 343 g/mol. The molecule has 1 aliphatic heterocycles. The first-order valence-electron chi connectivity index (χ1n) is 8.27.